The Hall–Kier alpha value is -3.20. The summed E-state index contributed by atoms with van der Waals surface area (Å²) in [7, 11) is -3.62. The second kappa shape index (κ2) is 8.38. The smallest absolute Gasteiger partial charge is 0.280 e. The van der Waals surface area contributed by atoms with Crippen molar-refractivity contribution in [2.75, 3.05) is 11.0 Å². The molecule has 32 heavy (non-hydrogen) atoms. The van der Waals surface area contributed by atoms with Gasteiger partial charge in [0, 0.05) is 11.3 Å². The van der Waals surface area contributed by atoms with Crippen LogP contribution in [0, 0.1) is 11.6 Å². The molecule has 4 nitrogen and oxygen atoms in total. The summed E-state index contributed by atoms with van der Waals surface area (Å²) in [4.78, 5) is 4.10. The van der Waals surface area contributed by atoms with Crippen molar-refractivity contribution in [1.29, 1.82) is 0 Å². The van der Waals surface area contributed by atoms with Crippen LogP contribution in [0.2, 0.25) is 0 Å². The Bertz CT molecular complexity index is 1340. The van der Waals surface area contributed by atoms with Crippen LogP contribution >= 0.6 is 0 Å². The third kappa shape index (κ3) is 4.83. The second-order valence-electron chi connectivity index (χ2n) is 7.54. The number of hydrogen-bond donors (Lipinski definition) is 1. The number of anilines is 1. The van der Waals surface area contributed by atoms with Crippen LogP contribution in [0.1, 0.15) is 40.1 Å². The molecule has 0 spiro atoms. The maximum Gasteiger partial charge on any atom is 0.280 e. The van der Waals surface area contributed by atoms with Crippen molar-refractivity contribution >= 4 is 27.4 Å². The van der Waals surface area contributed by atoms with Crippen LogP contribution in [-0.4, -0.2) is 19.7 Å². The van der Waals surface area contributed by atoms with Gasteiger partial charge in [0.1, 0.15) is 17.3 Å². The van der Waals surface area contributed by atoms with E-state index in [2.05, 4.69) is 9.71 Å². The number of benzene rings is 2. The molecule has 9 heteroatoms. The highest BCUT2D eigenvalue weighted by Gasteiger charge is 2.22. The van der Waals surface area contributed by atoms with E-state index < -0.39 is 28.1 Å². The number of aryl methyl sites for hydroxylation is 2. The van der Waals surface area contributed by atoms with Crippen molar-refractivity contribution in [3.8, 4) is 0 Å². The Labute approximate surface area is 182 Å². The number of rotatable bonds is 4. The minimum atomic E-state index is -3.62. The minimum Gasteiger partial charge on any atom is -0.284 e. The highest BCUT2D eigenvalue weighted by atomic mass is 32.2. The summed E-state index contributed by atoms with van der Waals surface area (Å²) in [5.74, 6) is -1.09. The number of alkyl halides is 2. The third-order valence-corrected chi connectivity index (χ3v) is 5.64. The van der Waals surface area contributed by atoms with Gasteiger partial charge in [-0.25, -0.2) is 26.0 Å². The van der Waals surface area contributed by atoms with E-state index in [1.165, 1.54) is 36.4 Å². The van der Waals surface area contributed by atoms with Gasteiger partial charge in [-0.05, 0) is 77.6 Å². The van der Waals surface area contributed by atoms with Gasteiger partial charge < -0.3 is 0 Å². The molecule has 0 saturated carbocycles. The molecule has 1 aliphatic rings. The third-order valence-electron chi connectivity index (χ3n) is 5.03. The largest absolute Gasteiger partial charge is 0.284 e. The van der Waals surface area contributed by atoms with E-state index >= 15 is 0 Å². The van der Waals surface area contributed by atoms with Crippen LogP contribution in [0.4, 0.5) is 23.2 Å². The fourth-order valence-electron chi connectivity index (χ4n) is 3.80. The highest BCUT2D eigenvalue weighted by molar-refractivity contribution is 7.92. The Morgan fingerprint density at radius 3 is 2.44 bits per heavy atom. The summed E-state index contributed by atoms with van der Waals surface area (Å²) in [6.07, 6.45) is 0.550. The molecule has 0 unspecified atom stereocenters. The zero-order valence-corrected chi connectivity index (χ0v) is 17.7. The lowest BCUT2D eigenvalue weighted by molar-refractivity contribution is 0.146. The van der Waals surface area contributed by atoms with Crippen molar-refractivity contribution in [1.82, 2.24) is 4.98 Å². The van der Waals surface area contributed by atoms with Gasteiger partial charge in [0.15, 0.2) is 0 Å². The van der Waals surface area contributed by atoms with Crippen molar-refractivity contribution < 1.29 is 26.0 Å². The molecule has 0 aliphatic heterocycles. The first-order chi connectivity index (χ1) is 15.1. The second-order valence-corrected chi connectivity index (χ2v) is 9.29. The lowest BCUT2D eigenvalue weighted by Gasteiger charge is -2.13. The fraction of sp³-hybridized carbons (Fsp3) is 0.174. The maximum absolute atomic E-state index is 14.2. The predicted octanol–water partition coefficient (Wildman–Crippen LogP) is 5.36. The molecule has 4 rings (SSSR count). The van der Waals surface area contributed by atoms with Gasteiger partial charge in [-0.1, -0.05) is 12.1 Å². The molecule has 1 heterocycles. The monoisotopic (exact) mass is 462 g/mol. The summed E-state index contributed by atoms with van der Waals surface area (Å²) < 4.78 is 79.8. The van der Waals surface area contributed by atoms with E-state index in [0.29, 0.717) is 46.4 Å². The van der Waals surface area contributed by atoms with E-state index in [4.69, 9.17) is 0 Å². The van der Waals surface area contributed by atoms with Crippen molar-refractivity contribution in [2.45, 2.75) is 19.3 Å². The topological polar surface area (TPSA) is 59.1 Å². The quantitative estimate of drug-likeness (QED) is 0.532. The first kappa shape index (κ1) is 22.0. The molecule has 1 N–H and O–H groups in total. The van der Waals surface area contributed by atoms with Gasteiger partial charge in [0.05, 0.1) is 11.9 Å². The molecular weight excluding hydrogens is 444 g/mol. The SMILES string of the molecule is CS(=O)(=O)Nc1cc(F)cc(/C=C2/c3ccc(F)cc3CCc3nc(C(F)F)ccc32)c1. The first-order valence-corrected chi connectivity index (χ1v) is 11.6. The van der Waals surface area contributed by atoms with E-state index in [-0.39, 0.29) is 11.4 Å². The van der Waals surface area contributed by atoms with E-state index in [0.717, 1.165) is 12.3 Å². The van der Waals surface area contributed by atoms with Gasteiger partial charge in [0.2, 0.25) is 10.0 Å². The molecule has 166 valence electrons. The fourth-order valence-corrected chi connectivity index (χ4v) is 4.34. The lowest BCUT2D eigenvalue weighted by Crippen LogP contribution is -2.09. The average molecular weight is 462 g/mol. The standard InChI is InChI=1S/C23H18F4N2O2S/c1-32(30,31)29-17-9-13(8-16(25)12-17)10-20-18-4-3-15(24)11-14(18)2-6-21-19(20)5-7-22(28-21)23(26)27/h3-5,7-12,23,29H,2,6H2,1H3/b20-10-. The van der Waals surface area contributed by atoms with E-state index in [1.807, 2.05) is 0 Å². The van der Waals surface area contributed by atoms with Crippen LogP contribution in [0.15, 0.2) is 48.5 Å². The molecule has 1 aromatic heterocycles. The number of halogens is 4. The first-order valence-electron chi connectivity index (χ1n) is 9.66. The Balaban J connectivity index is 1.92. The van der Waals surface area contributed by atoms with Crippen LogP contribution in [0.25, 0.3) is 11.6 Å². The molecule has 3 aromatic rings. The zero-order valence-electron chi connectivity index (χ0n) is 16.9. The average Bonchev–Trinajstić information content (AvgIpc) is 2.83. The number of nitrogens with one attached hydrogen (secondary N) is 1. The molecule has 0 bridgehead atoms. The lowest BCUT2D eigenvalue weighted by atomic mass is 9.93. The van der Waals surface area contributed by atoms with Crippen molar-refractivity contribution in [2.24, 2.45) is 0 Å². The van der Waals surface area contributed by atoms with Crippen molar-refractivity contribution in [3.05, 3.63) is 93.8 Å². The molecule has 0 saturated heterocycles. The van der Waals surface area contributed by atoms with Crippen LogP contribution in [-0.2, 0) is 22.9 Å². The predicted molar refractivity (Wildman–Crippen MR) is 115 cm³/mol. The molecule has 0 radical (unpaired) electrons. The number of nitrogens with zero attached hydrogens (tertiary/aromatic N) is 1. The summed E-state index contributed by atoms with van der Waals surface area (Å²) >= 11 is 0. The Kier molecular flexibility index (Phi) is 5.77. The van der Waals surface area contributed by atoms with E-state index in [9.17, 15) is 26.0 Å². The number of aromatic nitrogens is 1. The van der Waals surface area contributed by atoms with Gasteiger partial charge in [-0.3, -0.25) is 9.71 Å². The minimum absolute atomic E-state index is 0.0405. The van der Waals surface area contributed by atoms with Crippen LogP contribution in [0.3, 0.4) is 0 Å². The summed E-state index contributed by atoms with van der Waals surface area (Å²) in [6, 6.07) is 10.7. The summed E-state index contributed by atoms with van der Waals surface area (Å²) in [5, 5.41) is 0. The Morgan fingerprint density at radius 1 is 0.969 bits per heavy atom. The number of sulfonamides is 1. The number of pyridine rings is 1. The highest BCUT2D eigenvalue weighted by Crippen LogP contribution is 2.36. The van der Waals surface area contributed by atoms with Crippen LogP contribution in [0.5, 0.6) is 0 Å². The molecule has 0 amide bonds. The van der Waals surface area contributed by atoms with Crippen LogP contribution < -0.4 is 4.72 Å². The van der Waals surface area contributed by atoms with Gasteiger partial charge in [-0.15, -0.1) is 0 Å². The molecule has 0 atom stereocenters. The zero-order chi connectivity index (χ0) is 23.0. The summed E-state index contributed by atoms with van der Waals surface area (Å²) in [5.41, 5.74) is 2.91. The van der Waals surface area contributed by atoms with E-state index in [1.54, 1.807) is 12.1 Å². The molecule has 0 fully saturated rings. The normalized spacial score (nSPS) is 14.8. The van der Waals surface area contributed by atoms with Gasteiger partial charge in [0.25, 0.3) is 6.43 Å². The van der Waals surface area contributed by atoms with Gasteiger partial charge in [-0.2, -0.15) is 0 Å². The summed E-state index contributed by atoms with van der Waals surface area (Å²) in [6.45, 7) is 0. The van der Waals surface area contributed by atoms with Crippen molar-refractivity contribution in [3.63, 3.8) is 0 Å². The molecule has 1 aliphatic carbocycles. The number of hydrogen-bond acceptors (Lipinski definition) is 3. The Morgan fingerprint density at radius 2 is 1.72 bits per heavy atom. The number of fused-ring (bicyclic) bond motifs is 2. The molecule has 2 aromatic carbocycles. The molecular formula is C23H18F4N2O2S. The van der Waals surface area contributed by atoms with Gasteiger partial charge >= 0.3 is 0 Å². The maximum atomic E-state index is 14.2.